The maximum atomic E-state index is 12.7. The zero-order chi connectivity index (χ0) is 21.7. The molecule has 0 bridgehead atoms. The van der Waals surface area contributed by atoms with E-state index in [1.807, 2.05) is 0 Å². The Bertz CT molecular complexity index is 968. The first-order valence-electron chi connectivity index (χ1n) is 8.90. The first-order valence-corrected chi connectivity index (χ1v) is 9.65. The zero-order valence-corrected chi connectivity index (χ0v) is 17.4. The molecule has 8 nitrogen and oxygen atoms in total. The number of fused-ring (bicyclic) bond motifs is 1. The number of para-hydroxylation sites is 2. The number of hydrogen-bond donors (Lipinski definition) is 1. The summed E-state index contributed by atoms with van der Waals surface area (Å²) in [6, 6.07) is 11.4. The minimum Gasteiger partial charge on any atom is -0.480 e. The maximum Gasteiger partial charge on any atom is 0.344 e. The van der Waals surface area contributed by atoms with E-state index < -0.39 is 31.2 Å². The summed E-state index contributed by atoms with van der Waals surface area (Å²) < 4.78 is 15.9. The summed E-state index contributed by atoms with van der Waals surface area (Å²) in [5, 5.41) is 3.17. The molecular formula is C20H18Cl2N2O6. The standard InChI is InChI=1S/C20H18Cl2N2O6/c1-23-20(27)17-9-24(14-4-2-3-5-16(14)30-17)18(25)10-29-19(26)11-28-15-7-6-12(21)8-13(15)22/h2-8,17H,9-11H2,1H3,(H,23,27). The molecule has 0 saturated heterocycles. The van der Waals surface area contributed by atoms with Gasteiger partial charge in [0.1, 0.15) is 11.5 Å². The summed E-state index contributed by atoms with van der Waals surface area (Å²) >= 11 is 11.8. The highest BCUT2D eigenvalue weighted by atomic mass is 35.5. The number of carbonyl (C=O) groups is 3. The van der Waals surface area contributed by atoms with Crippen LogP contribution in [-0.2, 0) is 19.1 Å². The number of hydrogen-bond acceptors (Lipinski definition) is 6. The number of rotatable bonds is 6. The van der Waals surface area contributed by atoms with Crippen molar-refractivity contribution in [2.75, 3.05) is 31.7 Å². The average molecular weight is 453 g/mol. The van der Waals surface area contributed by atoms with Gasteiger partial charge in [0.25, 0.3) is 11.8 Å². The lowest BCUT2D eigenvalue weighted by atomic mass is 10.1. The molecule has 2 aromatic carbocycles. The van der Waals surface area contributed by atoms with Crippen LogP contribution in [0.25, 0.3) is 0 Å². The molecule has 3 rings (SSSR count). The number of likely N-dealkylation sites (N-methyl/N-ethyl adjacent to an activating group) is 1. The lowest BCUT2D eigenvalue weighted by molar-refractivity contribution is -0.150. The van der Waals surface area contributed by atoms with Crippen molar-refractivity contribution in [3.63, 3.8) is 0 Å². The van der Waals surface area contributed by atoms with E-state index in [9.17, 15) is 14.4 Å². The first kappa shape index (κ1) is 21.7. The molecule has 1 atom stereocenters. The molecule has 0 radical (unpaired) electrons. The molecule has 1 aliphatic rings. The van der Waals surface area contributed by atoms with Crippen LogP contribution in [0.3, 0.4) is 0 Å². The molecule has 0 aliphatic carbocycles. The zero-order valence-electron chi connectivity index (χ0n) is 15.9. The fourth-order valence-corrected chi connectivity index (χ4v) is 3.22. The smallest absolute Gasteiger partial charge is 0.344 e. The Hall–Kier alpha value is -2.97. The minimum atomic E-state index is -0.875. The van der Waals surface area contributed by atoms with Crippen molar-refractivity contribution in [1.29, 1.82) is 0 Å². The molecule has 0 saturated carbocycles. The van der Waals surface area contributed by atoms with Gasteiger partial charge >= 0.3 is 5.97 Å². The normalized spacial score (nSPS) is 14.9. The number of benzene rings is 2. The Morgan fingerprint density at radius 1 is 1.17 bits per heavy atom. The van der Waals surface area contributed by atoms with Crippen LogP contribution >= 0.6 is 23.2 Å². The van der Waals surface area contributed by atoms with E-state index in [1.54, 1.807) is 30.3 Å². The van der Waals surface area contributed by atoms with Crippen molar-refractivity contribution in [2.45, 2.75) is 6.10 Å². The molecule has 0 fully saturated rings. The summed E-state index contributed by atoms with van der Waals surface area (Å²) in [6.45, 7) is -0.968. The van der Waals surface area contributed by atoms with Gasteiger partial charge in [0.15, 0.2) is 19.3 Å². The number of amides is 2. The van der Waals surface area contributed by atoms with Gasteiger partial charge < -0.3 is 24.4 Å². The van der Waals surface area contributed by atoms with Gasteiger partial charge in [0.05, 0.1) is 17.3 Å². The molecule has 2 amide bonds. The van der Waals surface area contributed by atoms with Crippen LogP contribution in [0.2, 0.25) is 10.0 Å². The molecule has 1 N–H and O–H groups in total. The fourth-order valence-electron chi connectivity index (χ4n) is 2.76. The second-order valence-corrected chi connectivity index (χ2v) is 7.06. The summed E-state index contributed by atoms with van der Waals surface area (Å²) in [6.07, 6.45) is -0.875. The summed E-state index contributed by atoms with van der Waals surface area (Å²) in [5.74, 6) is -0.971. The van der Waals surface area contributed by atoms with Crippen molar-refractivity contribution in [1.82, 2.24) is 5.32 Å². The monoisotopic (exact) mass is 452 g/mol. The summed E-state index contributed by atoms with van der Waals surface area (Å²) in [4.78, 5) is 38.0. The van der Waals surface area contributed by atoms with Gasteiger partial charge in [-0.2, -0.15) is 0 Å². The van der Waals surface area contributed by atoms with E-state index in [2.05, 4.69) is 5.32 Å². The Kier molecular flexibility index (Phi) is 7.02. The largest absolute Gasteiger partial charge is 0.480 e. The number of ether oxygens (including phenoxy) is 3. The number of esters is 1. The molecular weight excluding hydrogens is 435 g/mol. The average Bonchev–Trinajstić information content (AvgIpc) is 2.75. The van der Waals surface area contributed by atoms with E-state index in [1.165, 1.54) is 24.1 Å². The van der Waals surface area contributed by atoms with Gasteiger partial charge in [-0.05, 0) is 30.3 Å². The second kappa shape index (κ2) is 9.69. The third kappa shape index (κ3) is 5.14. The molecule has 1 unspecified atom stereocenters. The van der Waals surface area contributed by atoms with Gasteiger partial charge in [-0.3, -0.25) is 9.59 Å². The van der Waals surface area contributed by atoms with Crippen molar-refractivity contribution in [3.05, 3.63) is 52.5 Å². The number of halogens is 2. The second-order valence-electron chi connectivity index (χ2n) is 6.22. The highest BCUT2D eigenvalue weighted by Crippen LogP contribution is 2.33. The van der Waals surface area contributed by atoms with E-state index in [-0.39, 0.29) is 23.2 Å². The van der Waals surface area contributed by atoms with Gasteiger partial charge in [-0.15, -0.1) is 0 Å². The quantitative estimate of drug-likeness (QED) is 0.676. The van der Waals surface area contributed by atoms with Crippen molar-refractivity contribution >= 4 is 46.7 Å². The van der Waals surface area contributed by atoms with Crippen molar-refractivity contribution in [3.8, 4) is 11.5 Å². The van der Waals surface area contributed by atoms with Crippen molar-refractivity contribution in [2.24, 2.45) is 0 Å². The predicted octanol–water partition coefficient (Wildman–Crippen LogP) is 2.46. The van der Waals surface area contributed by atoms with Crippen LogP contribution in [0.1, 0.15) is 0 Å². The van der Waals surface area contributed by atoms with Gasteiger partial charge in [-0.1, -0.05) is 35.3 Å². The highest BCUT2D eigenvalue weighted by Gasteiger charge is 2.33. The Labute approximate surface area is 182 Å². The number of nitrogens with zero attached hydrogens (tertiary/aromatic N) is 1. The Morgan fingerprint density at radius 3 is 2.67 bits per heavy atom. The molecule has 10 heteroatoms. The van der Waals surface area contributed by atoms with Gasteiger partial charge in [-0.25, -0.2) is 4.79 Å². The Morgan fingerprint density at radius 2 is 1.93 bits per heavy atom. The van der Waals surface area contributed by atoms with Crippen LogP contribution in [0.15, 0.2) is 42.5 Å². The molecule has 1 heterocycles. The van der Waals surface area contributed by atoms with E-state index >= 15 is 0 Å². The van der Waals surface area contributed by atoms with E-state index in [0.717, 1.165) is 0 Å². The lowest BCUT2D eigenvalue weighted by Crippen LogP contribution is -2.51. The highest BCUT2D eigenvalue weighted by molar-refractivity contribution is 6.35. The topological polar surface area (TPSA) is 94.2 Å². The third-order valence-electron chi connectivity index (χ3n) is 4.21. The van der Waals surface area contributed by atoms with Crippen LogP contribution in [0.4, 0.5) is 5.69 Å². The van der Waals surface area contributed by atoms with E-state index in [0.29, 0.717) is 16.5 Å². The lowest BCUT2D eigenvalue weighted by Gasteiger charge is -2.33. The van der Waals surface area contributed by atoms with Crippen LogP contribution in [-0.4, -0.2) is 50.7 Å². The molecule has 1 aliphatic heterocycles. The van der Waals surface area contributed by atoms with Gasteiger partial charge in [0.2, 0.25) is 0 Å². The van der Waals surface area contributed by atoms with E-state index in [4.69, 9.17) is 37.4 Å². The molecule has 2 aromatic rings. The fraction of sp³-hybridized carbons (Fsp3) is 0.250. The minimum absolute atomic E-state index is 0.00997. The third-order valence-corrected chi connectivity index (χ3v) is 4.74. The van der Waals surface area contributed by atoms with Crippen molar-refractivity contribution < 1.29 is 28.6 Å². The molecule has 0 aromatic heterocycles. The van der Waals surface area contributed by atoms with Gasteiger partial charge in [0, 0.05) is 12.1 Å². The number of nitrogens with one attached hydrogen (secondary N) is 1. The molecule has 0 spiro atoms. The van der Waals surface area contributed by atoms with Crippen LogP contribution < -0.4 is 19.7 Å². The maximum absolute atomic E-state index is 12.7. The molecule has 158 valence electrons. The number of carbonyl (C=O) groups excluding carboxylic acids is 3. The predicted molar refractivity (Wildman–Crippen MR) is 110 cm³/mol. The SMILES string of the molecule is CNC(=O)C1CN(C(=O)COC(=O)COc2ccc(Cl)cc2Cl)c2ccccc2O1. The van der Waals surface area contributed by atoms with Crippen LogP contribution in [0, 0.1) is 0 Å². The summed E-state index contributed by atoms with van der Waals surface area (Å²) in [5.41, 5.74) is 0.489. The summed E-state index contributed by atoms with van der Waals surface area (Å²) in [7, 11) is 1.48. The first-order chi connectivity index (χ1) is 14.4. The van der Waals surface area contributed by atoms with Crippen LogP contribution in [0.5, 0.6) is 11.5 Å². The molecule has 30 heavy (non-hydrogen) atoms. The number of anilines is 1. The Balaban J connectivity index is 1.59.